The Kier molecular flexibility index (Phi) is 37.8. The second kappa shape index (κ2) is 46.9. The Labute approximate surface area is 737 Å². The van der Waals surface area contributed by atoms with Crippen LogP contribution in [0, 0.1) is 66.7 Å². The number of hydrogen-bond acceptors (Lipinski definition) is 22. The highest BCUT2D eigenvalue weighted by atomic mass is 35.5. The Balaban J connectivity index is 0.000000198. The van der Waals surface area contributed by atoms with Gasteiger partial charge in [0.05, 0.1) is 52.4 Å². The van der Waals surface area contributed by atoms with Gasteiger partial charge in [0.1, 0.15) is 26.5 Å². The number of hydrazine groups is 2. The summed E-state index contributed by atoms with van der Waals surface area (Å²) >= 11 is 51.5. The number of nitrogen functional groups attached to an aromatic ring is 1. The van der Waals surface area contributed by atoms with E-state index in [1.54, 1.807) is 152 Å². The van der Waals surface area contributed by atoms with Crippen LogP contribution in [0.5, 0.6) is 0 Å². The molecule has 5 aromatic carbocycles. The number of pyridine rings is 3. The van der Waals surface area contributed by atoms with Crippen LogP contribution in [0.15, 0.2) is 205 Å². The van der Waals surface area contributed by atoms with Gasteiger partial charge in [0.25, 0.3) is 0 Å². The average Bonchev–Trinajstić information content (AvgIpc) is 1.64. The first-order chi connectivity index (χ1) is 55.9. The summed E-state index contributed by atoms with van der Waals surface area (Å²) in [5, 5.41) is 31.8. The van der Waals surface area contributed by atoms with E-state index < -0.39 is 0 Å². The molecule has 7 aromatic heterocycles. The molecule has 0 spiro atoms. The minimum atomic E-state index is -0.194. The molecular weight excluding hydrogens is 1710 g/mol. The first-order valence-electron chi connectivity index (χ1n) is 35.5. The third kappa shape index (κ3) is 27.9. The largest absolute Gasteiger partial charge is 0.390 e. The molecule has 31 heteroatoms. The summed E-state index contributed by atoms with van der Waals surface area (Å²) in [7, 11) is 0. The summed E-state index contributed by atoms with van der Waals surface area (Å²) in [6.07, 6.45) is 11.1. The molecule has 0 radical (unpaired) electrons. The lowest BCUT2D eigenvalue weighted by Crippen LogP contribution is -2.39. The van der Waals surface area contributed by atoms with E-state index in [0.717, 1.165) is 69.9 Å². The number of fused-ring (bicyclic) bond motifs is 1. The molecule has 1 aliphatic rings. The number of carbonyl (C=O) groups excluding carboxylic acids is 5. The lowest BCUT2D eigenvalue weighted by atomic mass is 10.0. The number of thiocarbonyl (C=S) groups is 3. The number of nitriles is 1. The Morgan fingerprint density at radius 3 is 1.50 bits per heavy atom. The van der Waals surface area contributed by atoms with E-state index in [-0.39, 0.29) is 35.3 Å². The number of Topliss-reactive ketones (excluding diaryl/α,β-unsaturated/α-hetero) is 2. The van der Waals surface area contributed by atoms with Crippen LogP contribution in [0.4, 0.5) is 20.0 Å². The fraction of sp³-hybridized carbons (Fsp3) is 0.174. The fourth-order valence-electron chi connectivity index (χ4n) is 10.6. The molecule has 19 nitrogen and oxygen atoms in total. The van der Waals surface area contributed by atoms with Crippen molar-refractivity contribution < 1.29 is 24.0 Å². The van der Waals surface area contributed by atoms with Gasteiger partial charge in [-0.2, -0.15) is 15.4 Å². The zero-order valence-electron chi connectivity index (χ0n) is 65.1. The number of benzene rings is 5. The molecule has 12 aromatic rings. The molecular formula is C86H81Cl5N14O5S7. The number of anilines is 3. The maximum Gasteiger partial charge on any atom is 0.196 e. The maximum absolute atomic E-state index is 13.1. The zero-order chi connectivity index (χ0) is 85.6. The van der Waals surface area contributed by atoms with Crippen molar-refractivity contribution in [2.75, 3.05) is 16.4 Å². The molecule has 0 saturated heterocycles. The van der Waals surface area contributed by atoms with Gasteiger partial charge in [0.2, 0.25) is 0 Å². The number of aromatic nitrogens is 3. The molecule has 117 heavy (non-hydrogen) atoms. The second-order valence-corrected chi connectivity index (χ2v) is 33.5. The number of halogens is 5. The predicted octanol–water partition coefficient (Wildman–Crippen LogP) is 22.4. The van der Waals surface area contributed by atoms with Crippen LogP contribution >= 0.6 is 140 Å². The Morgan fingerprint density at radius 1 is 0.590 bits per heavy atom. The van der Waals surface area contributed by atoms with E-state index in [0.29, 0.717) is 115 Å². The highest BCUT2D eigenvalue weighted by Gasteiger charge is 2.28. The number of hydrazone groups is 1. The summed E-state index contributed by atoms with van der Waals surface area (Å²) < 4.78 is 0. The van der Waals surface area contributed by atoms with Crippen molar-refractivity contribution in [1.82, 2.24) is 30.4 Å². The van der Waals surface area contributed by atoms with Gasteiger partial charge < -0.3 is 21.2 Å². The molecule has 8 heterocycles. The van der Waals surface area contributed by atoms with Crippen LogP contribution in [0.3, 0.4) is 0 Å². The van der Waals surface area contributed by atoms with E-state index in [1.807, 2.05) is 120 Å². The second-order valence-electron chi connectivity index (χ2n) is 25.5. The van der Waals surface area contributed by atoms with Crippen LogP contribution in [0.2, 0.25) is 25.1 Å². The highest BCUT2D eigenvalue weighted by Crippen LogP contribution is 2.40. The number of aliphatic imine (C=N–C) groups is 1. The van der Waals surface area contributed by atoms with Gasteiger partial charge in [-0.25, -0.2) is 10.9 Å². The smallest absolute Gasteiger partial charge is 0.196 e. The molecule has 0 aliphatic carbocycles. The number of nitrogens with two attached hydrogens (primary N) is 3. The quantitative estimate of drug-likeness (QED) is 0.0153. The zero-order valence-corrected chi connectivity index (χ0v) is 74.6. The number of hydrogen-bond donors (Lipinski definition) is 6. The molecule has 9 N–H and O–H groups in total. The SMILES string of the molecule is CCC(C)=O.Cc1sc(N)c(C(=O)c2cccc(Cl)c2)c1C.Cc1sc(N=C=S)c(C(=O)c2cccc(Cl)c2)c1C.Cc1sc(NC(=S)N(N)Cc2cccnc2)c(C(=O)c2cccc(Cl)c2)c1C.Cc1sc2c(c1C)C(c1cccc(Cl)c1)=NN(Cc1cccnc1)C(=S)N2.N#CCC(=O)c1cccc(Cl)c1.NNCc1cccnc1. The van der Waals surface area contributed by atoms with Crippen molar-refractivity contribution in [1.29, 1.82) is 5.26 Å². The third-order valence-electron chi connectivity index (χ3n) is 17.2. The maximum atomic E-state index is 13.1. The Hall–Kier alpha value is -9.83. The minimum Gasteiger partial charge on any atom is -0.390 e. The number of isothiocyanates is 1. The van der Waals surface area contributed by atoms with E-state index in [1.165, 1.54) is 49.5 Å². The van der Waals surface area contributed by atoms with Gasteiger partial charge in [0.15, 0.2) is 33.4 Å². The van der Waals surface area contributed by atoms with Crippen LogP contribution in [0.1, 0.15) is 154 Å². The Morgan fingerprint density at radius 2 is 1.03 bits per heavy atom. The van der Waals surface area contributed by atoms with Crippen LogP contribution in [-0.2, 0) is 24.4 Å². The van der Waals surface area contributed by atoms with Crippen molar-refractivity contribution in [3.05, 3.63) is 329 Å². The van der Waals surface area contributed by atoms with Gasteiger partial charge in [-0.05, 0) is 217 Å². The summed E-state index contributed by atoms with van der Waals surface area (Å²) in [6.45, 7) is 20.9. The van der Waals surface area contributed by atoms with Crippen molar-refractivity contribution in [3.8, 4) is 6.07 Å². The molecule has 602 valence electrons. The first kappa shape index (κ1) is 94.3. The number of nitrogens with zero attached hydrogens (tertiary/aromatic N) is 8. The van der Waals surface area contributed by atoms with Gasteiger partial charge in [-0.1, -0.05) is 144 Å². The van der Waals surface area contributed by atoms with Crippen molar-refractivity contribution in [2.45, 2.75) is 102 Å². The molecule has 0 unspecified atom stereocenters. The van der Waals surface area contributed by atoms with Crippen LogP contribution in [0.25, 0.3) is 0 Å². The molecule has 13 rings (SSSR count). The summed E-state index contributed by atoms with van der Waals surface area (Å²) in [5.41, 5.74) is 22.3. The van der Waals surface area contributed by atoms with E-state index in [9.17, 15) is 24.0 Å². The average molecular weight is 1790 g/mol. The third-order valence-corrected chi connectivity index (χ3v) is 23.5. The normalized spacial score (nSPS) is 10.8. The summed E-state index contributed by atoms with van der Waals surface area (Å²) in [4.78, 5) is 79.5. The summed E-state index contributed by atoms with van der Waals surface area (Å²) in [6, 6.07) is 48.4. The van der Waals surface area contributed by atoms with E-state index in [4.69, 9.17) is 110 Å². The van der Waals surface area contributed by atoms with Gasteiger partial charge in [0, 0.05) is 128 Å². The van der Waals surface area contributed by atoms with Gasteiger partial charge in [-0.15, -0.1) is 45.3 Å². The topological polar surface area (TPSA) is 293 Å². The number of carbonyl (C=O) groups is 5. The molecule has 1 aliphatic heterocycles. The van der Waals surface area contributed by atoms with Crippen LogP contribution < -0.4 is 33.5 Å². The van der Waals surface area contributed by atoms with Gasteiger partial charge in [-0.3, -0.25) is 50.4 Å². The summed E-state index contributed by atoms with van der Waals surface area (Å²) in [5.74, 6) is 11.0. The number of aryl methyl sites for hydroxylation is 4. The van der Waals surface area contributed by atoms with Crippen LogP contribution in [-0.4, -0.2) is 75.0 Å². The molecule has 0 saturated carbocycles. The monoisotopic (exact) mass is 1790 g/mol. The lowest BCUT2D eigenvalue weighted by Gasteiger charge is -2.20. The molecule has 0 atom stereocenters. The molecule has 0 amide bonds. The number of thiophene rings is 4. The van der Waals surface area contributed by atoms with Gasteiger partial charge >= 0.3 is 0 Å². The van der Waals surface area contributed by atoms with E-state index >= 15 is 0 Å². The number of ketones is 5. The lowest BCUT2D eigenvalue weighted by molar-refractivity contribution is -0.116. The fourth-order valence-corrected chi connectivity index (χ4v) is 16.3. The van der Waals surface area contributed by atoms with Crippen molar-refractivity contribution >= 4 is 210 Å². The highest BCUT2D eigenvalue weighted by molar-refractivity contribution is 7.80. The minimum absolute atomic E-state index is 0.0631. The van der Waals surface area contributed by atoms with E-state index in [2.05, 4.69) is 67.2 Å². The van der Waals surface area contributed by atoms with Crippen molar-refractivity contribution in [2.24, 2.45) is 21.8 Å². The Bertz CT molecular complexity index is 5650. The number of rotatable bonds is 18. The standard InChI is InChI=1S/C20H19ClN4OS2.C20H17ClN4S2.C14H10ClNOS2.C13H12ClNOS.C9H6ClNO.C6H9N3.C4H8O/c1-12-13(2)28-19(17(12)18(26)15-6-3-7-16(21)9-15)24-20(27)25(22)11-14-5-4-8-23-10-14;1-12-13(2)27-19-17(12)18(15-6-3-7-16(21)9-15)24-25(20(26)23-19)11-14-5-4-8-22-10-14;1-8-9(2)19-14(16-7-18)12(8)13(17)10-4-3-5-11(15)6-10;1-7-8(2)17-13(15)11(7)12(16)9-4-3-5-10(14)6-9;10-8-3-1-2-7(6-8)9(12)4-5-11;7-9-5-6-2-1-3-8-4-6;1-3-4(2)5/h3-10H,11,22H2,1-2H3,(H,24,27);3-10H,11H2,1-2H3,(H,23,26);3-6H,1-2H3;3-6H,15H2,1-2H3;1-3,6H,4H2;1-4,9H,5,7H2;3H2,1-2H3. The molecule has 0 fully saturated rings. The molecule has 0 bridgehead atoms. The number of nitrogens with one attached hydrogen (secondary N) is 3. The predicted molar refractivity (Wildman–Crippen MR) is 494 cm³/mol. The van der Waals surface area contributed by atoms with Crippen molar-refractivity contribution in [3.63, 3.8) is 0 Å². The first-order valence-corrected chi connectivity index (χ1v) is 41.9.